The summed E-state index contributed by atoms with van der Waals surface area (Å²) < 4.78 is 0. The Hall–Kier alpha value is -2.95. The van der Waals surface area contributed by atoms with Crippen LogP contribution in [0.4, 0.5) is 5.69 Å². The number of hydrogen-bond donors (Lipinski definition) is 0. The highest BCUT2D eigenvalue weighted by atomic mass is 35.5. The fraction of sp³-hybridized carbons (Fsp3) is 0.263. The molecule has 8 heteroatoms. The summed E-state index contributed by atoms with van der Waals surface area (Å²) in [6.07, 6.45) is 0. The Morgan fingerprint density at radius 3 is 2.59 bits per heavy atom. The van der Waals surface area contributed by atoms with Gasteiger partial charge in [0.15, 0.2) is 0 Å². The van der Waals surface area contributed by atoms with Crippen LogP contribution >= 0.6 is 11.6 Å². The molecule has 0 atom stereocenters. The molecule has 2 aromatic carbocycles. The molecule has 2 aromatic rings. The molecule has 0 aromatic heterocycles. The normalized spacial score (nSPS) is 10.5. The molecule has 0 aliphatic carbocycles. The number of carbonyl (C=O) groups excluding carboxylic acids is 1. The van der Waals surface area contributed by atoms with Crippen LogP contribution in [-0.2, 0) is 6.54 Å². The number of non-ortho nitro benzene ring substituents is 1. The first-order valence-corrected chi connectivity index (χ1v) is 8.56. The zero-order valence-corrected chi connectivity index (χ0v) is 15.8. The van der Waals surface area contributed by atoms with E-state index in [1.807, 2.05) is 25.1 Å². The van der Waals surface area contributed by atoms with Crippen LogP contribution in [0.25, 0.3) is 0 Å². The number of nitriles is 1. The molecule has 0 radical (unpaired) electrons. The van der Waals surface area contributed by atoms with E-state index in [1.54, 1.807) is 23.1 Å². The minimum absolute atomic E-state index is 0.0843. The number of carbonyl (C=O) groups is 1. The summed E-state index contributed by atoms with van der Waals surface area (Å²) in [5, 5.41) is 20.3. The minimum Gasteiger partial charge on any atom is -0.333 e. The molecule has 0 spiro atoms. The number of likely N-dealkylation sites (N-methyl/N-ethyl adjacent to an activating group) is 1. The summed E-state index contributed by atoms with van der Waals surface area (Å²) >= 11 is 6.13. The Balaban J connectivity index is 2.35. The largest absolute Gasteiger partial charge is 0.333 e. The maximum atomic E-state index is 13.0. The van der Waals surface area contributed by atoms with Crippen molar-refractivity contribution in [3.8, 4) is 6.07 Å². The van der Waals surface area contributed by atoms with Gasteiger partial charge in [-0.25, -0.2) is 0 Å². The molecule has 0 bridgehead atoms. The van der Waals surface area contributed by atoms with E-state index in [1.165, 1.54) is 18.2 Å². The standard InChI is InChI=1S/C19H19ClN4O3/c1-22(2)8-9-23(13-15-5-3-4-14(10-15)12-21)19(25)17-11-16(24(26)27)6-7-18(17)20/h3-7,10-11H,8-9,13H2,1-2H3. The quantitative estimate of drug-likeness (QED) is 0.537. The molecule has 0 aliphatic rings. The van der Waals surface area contributed by atoms with E-state index in [2.05, 4.69) is 6.07 Å². The second-order valence-corrected chi connectivity index (χ2v) is 6.67. The molecular weight excluding hydrogens is 368 g/mol. The average molecular weight is 387 g/mol. The molecule has 0 heterocycles. The van der Waals surface area contributed by atoms with Gasteiger partial charge in [-0.1, -0.05) is 23.7 Å². The van der Waals surface area contributed by atoms with Crippen molar-refractivity contribution in [2.75, 3.05) is 27.2 Å². The van der Waals surface area contributed by atoms with E-state index in [4.69, 9.17) is 16.9 Å². The minimum atomic E-state index is -0.562. The predicted octanol–water partition coefficient (Wildman–Crippen LogP) is 3.32. The highest BCUT2D eigenvalue weighted by Crippen LogP contribution is 2.24. The maximum absolute atomic E-state index is 13.0. The summed E-state index contributed by atoms with van der Waals surface area (Å²) in [5.74, 6) is -0.395. The summed E-state index contributed by atoms with van der Waals surface area (Å²) in [6.45, 7) is 1.28. The van der Waals surface area contributed by atoms with Gasteiger partial charge in [-0.15, -0.1) is 0 Å². The van der Waals surface area contributed by atoms with Crippen LogP contribution in [0.3, 0.4) is 0 Å². The van der Waals surface area contributed by atoms with Gasteiger partial charge in [0.1, 0.15) is 0 Å². The van der Waals surface area contributed by atoms with E-state index in [0.717, 1.165) is 5.56 Å². The molecule has 0 N–H and O–H groups in total. The maximum Gasteiger partial charge on any atom is 0.270 e. The number of nitro groups is 1. The number of hydrogen-bond acceptors (Lipinski definition) is 5. The van der Waals surface area contributed by atoms with Crippen molar-refractivity contribution in [3.63, 3.8) is 0 Å². The van der Waals surface area contributed by atoms with Gasteiger partial charge in [-0.05, 0) is 37.9 Å². The number of halogens is 1. The van der Waals surface area contributed by atoms with Gasteiger partial charge in [-0.2, -0.15) is 5.26 Å². The van der Waals surface area contributed by atoms with Crippen LogP contribution in [0.2, 0.25) is 5.02 Å². The molecule has 140 valence electrons. The topological polar surface area (TPSA) is 90.5 Å². The molecular formula is C19H19ClN4O3. The van der Waals surface area contributed by atoms with Crippen LogP contribution < -0.4 is 0 Å². The fourth-order valence-electron chi connectivity index (χ4n) is 2.49. The van der Waals surface area contributed by atoms with Gasteiger partial charge in [0, 0.05) is 31.8 Å². The van der Waals surface area contributed by atoms with E-state index in [-0.39, 0.29) is 22.8 Å². The van der Waals surface area contributed by atoms with Crippen molar-refractivity contribution < 1.29 is 9.72 Å². The van der Waals surface area contributed by atoms with Crippen molar-refractivity contribution in [3.05, 3.63) is 74.3 Å². The zero-order chi connectivity index (χ0) is 20.0. The average Bonchev–Trinajstić information content (AvgIpc) is 2.64. The first kappa shape index (κ1) is 20.4. The van der Waals surface area contributed by atoms with Crippen LogP contribution in [0.15, 0.2) is 42.5 Å². The van der Waals surface area contributed by atoms with E-state index in [0.29, 0.717) is 18.7 Å². The number of nitro benzene ring substituents is 1. The lowest BCUT2D eigenvalue weighted by atomic mass is 10.1. The first-order valence-electron chi connectivity index (χ1n) is 8.19. The second kappa shape index (κ2) is 9.12. The van der Waals surface area contributed by atoms with Crippen LogP contribution in [0.1, 0.15) is 21.5 Å². The number of amides is 1. The van der Waals surface area contributed by atoms with Crippen LogP contribution in [-0.4, -0.2) is 47.8 Å². The van der Waals surface area contributed by atoms with Crippen molar-refractivity contribution in [1.29, 1.82) is 5.26 Å². The SMILES string of the molecule is CN(C)CCN(Cc1cccc(C#N)c1)C(=O)c1cc([N+](=O)[O-])ccc1Cl. The summed E-state index contributed by atoms with van der Waals surface area (Å²) in [6, 6.07) is 12.9. The van der Waals surface area contributed by atoms with Crippen molar-refractivity contribution >= 4 is 23.2 Å². The lowest BCUT2D eigenvalue weighted by molar-refractivity contribution is -0.384. The molecule has 0 unspecified atom stereocenters. The Labute approximate surface area is 162 Å². The van der Waals surface area contributed by atoms with Crippen LogP contribution in [0, 0.1) is 21.4 Å². The van der Waals surface area contributed by atoms with Gasteiger partial charge in [-0.3, -0.25) is 14.9 Å². The lowest BCUT2D eigenvalue weighted by Gasteiger charge is -2.25. The van der Waals surface area contributed by atoms with E-state index in [9.17, 15) is 14.9 Å². The second-order valence-electron chi connectivity index (χ2n) is 6.26. The monoisotopic (exact) mass is 386 g/mol. The van der Waals surface area contributed by atoms with E-state index < -0.39 is 10.8 Å². The molecule has 0 fully saturated rings. The predicted molar refractivity (Wildman–Crippen MR) is 103 cm³/mol. The summed E-state index contributed by atoms with van der Waals surface area (Å²) in [7, 11) is 3.78. The summed E-state index contributed by atoms with van der Waals surface area (Å²) in [4.78, 5) is 27.0. The molecule has 2 rings (SSSR count). The number of nitrogens with zero attached hydrogens (tertiary/aromatic N) is 4. The summed E-state index contributed by atoms with van der Waals surface area (Å²) in [5.41, 5.74) is 1.19. The van der Waals surface area contributed by atoms with Crippen molar-refractivity contribution in [2.24, 2.45) is 0 Å². The fourth-order valence-corrected chi connectivity index (χ4v) is 2.69. The Bertz CT molecular complexity index is 893. The Kier molecular flexibility index (Phi) is 6.88. The smallest absolute Gasteiger partial charge is 0.270 e. The van der Waals surface area contributed by atoms with Crippen molar-refractivity contribution in [2.45, 2.75) is 6.54 Å². The third-order valence-electron chi connectivity index (χ3n) is 3.93. The zero-order valence-electron chi connectivity index (χ0n) is 15.1. The van der Waals surface area contributed by atoms with Gasteiger partial charge in [0.25, 0.3) is 11.6 Å². The van der Waals surface area contributed by atoms with E-state index >= 15 is 0 Å². The third kappa shape index (κ3) is 5.51. The number of benzene rings is 2. The van der Waals surface area contributed by atoms with Gasteiger partial charge in [0.05, 0.1) is 27.1 Å². The van der Waals surface area contributed by atoms with Crippen LogP contribution in [0.5, 0.6) is 0 Å². The highest BCUT2D eigenvalue weighted by molar-refractivity contribution is 6.33. The van der Waals surface area contributed by atoms with Gasteiger partial charge < -0.3 is 9.80 Å². The van der Waals surface area contributed by atoms with Gasteiger partial charge in [0.2, 0.25) is 0 Å². The molecule has 7 nitrogen and oxygen atoms in total. The molecule has 0 saturated carbocycles. The molecule has 0 saturated heterocycles. The number of rotatable bonds is 7. The van der Waals surface area contributed by atoms with Crippen molar-refractivity contribution in [1.82, 2.24) is 9.80 Å². The first-order chi connectivity index (χ1) is 12.8. The highest BCUT2D eigenvalue weighted by Gasteiger charge is 2.22. The molecule has 1 amide bonds. The van der Waals surface area contributed by atoms with Gasteiger partial charge >= 0.3 is 0 Å². The third-order valence-corrected chi connectivity index (χ3v) is 4.25. The molecule has 27 heavy (non-hydrogen) atoms. The Morgan fingerprint density at radius 2 is 1.96 bits per heavy atom. The Morgan fingerprint density at radius 1 is 1.22 bits per heavy atom. The molecule has 0 aliphatic heterocycles. The lowest BCUT2D eigenvalue weighted by Crippen LogP contribution is -2.36.